The Kier molecular flexibility index (Phi) is 5.88. The average Bonchev–Trinajstić information content (AvgIpc) is 2.41. The first kappa shape index (κ1) is 16.3. The van der Waals surface area contributed by atoms with Gasteiger partial charge in [-0.15, -0.1) is 0 Å². The van der Waals surface area contributed by atoms with E-state index >= 15 is 0 Å². The van der Waals surface area contributed by atoms with E-state index in [0.717, 1.165) is 11.8 Å². The molecule has 0 aliphatic carbocycles. The lowest BCUT2D eigenvalue weighted by Crippen LogP contribution is -2.52. The third-order valence-corrected chi connectivity index (χ3v) is 5.47. The van der Waals surface area contributed by atoms with Crippen LogP contribution in [0.4, 0.5) is 0 Å². The molecule has 3 heteroatoms. The second-order valence-corrected chi connectivity index (χ2v) is 7.55. The van der Waals surface area contributed by atoms with Crippen LogP contribution in [-0.2, 0) is 0 Å². The number of likely N-dealkylation sites (tertiary alicyclic amines) is 1. The molecule has 118 valence electrons. The molecule has 0 aromatic carbocycles. The van der Waals surface area contributed by atoms with Crippen molar-refractivity contribution >= 4 is 0 Å². The van der Waals surface area contributed by atoms with Crippen molar-refractivity contribution in [3.05, 3.63) is 0 Å². The van der Waals surface area contributed by atoms with Gasteiger partial charge in [0, 0.05) is 51.4 Å². The van der Waals surface area contributed by atoms with E-state index in [0.29, 0.717) is 12.1 Å². The topological polar surface area (TPSA) is 9.72 Å². The van der Waals surface area contributed by atoms with Gasteiger partial charge in [0.15, 0.2) is 0 Å². The highest BCUT2D eigenvalue weighted by molar-refractivity contribution is 4.83. The fourth-order valence-electron chi connectivity index (χ4n) is 3.76. The molecule has 0 saturated carbocycles. The highest BCUT2D eigenvalue weighted by Gasteiger charge is 2.29. The Balaban J connectivity index is 1.75. The summed E-state index contributed by atoms with van der Waals surface area (Å²) < 4.78 is 0. The van der Waals surface area contributed by atoms with Gasteiger partial charge in [0.2, 0.25) is 0 Å². The smallest absolute Gasteiger partial charge is 0.0113 e. The molecule has 2 atom stereocenters. The van der Waals surface area contributed by atoms with Crippen molar-refractivity contribution in [1.29, 1.82) is 0 Å². The highest BCUT2D eigenvalue weighted by atomic mass is 15.3. The molecule has 2 heterocycles. The van der Waals surface area contributed by atoms with Crippen molar-refractivity contribution in [3.63, 3.8) is 0 Å². The van der Waals surface area contributed by atoms with Gasteiger partial charge >= 0.3 is 0 Å². The summed E-state index contributed by atoms with van der Waals surface area (Å²) in [6.07, 6.45) is 1.39. The van der Waals surface area contributed by atoms with E-state index in [-0.39, 0.29) is 0 Å². The fraction of sp³-hybridized carbons (Fsp3) is 1.00. The number of hydrogen-bond acceptors (Lipinski definition) is 3. The van der Waals surface area contributed by atoms with Crippen LogP contribution in [-0.4, -0.2) is 72.6 Å². The van der Waals surface area contributed by atoms with Gasteiger partial charge in [-0.2, -0.15) is 0 Å². The summed E-state index contributed by atoms with van der Waals surface area (Å²) in [4.78, 5) is 7.98. The van der Waals surface area contributed by atoms with Crippen LogP contribution in [0.2, 0.25) is 0 Å². The predicted molar refractivity (Wildman–Crippen MR) is 87.1 cm³/mol. The lowest BCUT2D eigenvalue weighted by atomic mass is 9.85. The normalized spacial score (nSPS) is 31.4. The quantitative estimate of drug-likeness (QED) is 0.783. The molecule has 2 fully saturated rings. The molecular formula is C17H35N3. The minimum Gasteiger partial charge on any atom is -0.301 e. The minimum absolute atomic E-state index is 0.713. The molecule has 0 bridgehead atoms. The van der Waals surface area contributed by atoms with E-state index in [2.05, 4.69) is 49.3 Å². The van der Waals surface area contributed by atoms with E-state index in [1.807, 2.05) is 0 Å². The number of rotatable bonds is 4. The van der Waals surface area contributed by atoms with E-state index in [1.54, 1.807) is 0 Å². The van der Waals surface area contributed by atoms with Crippen LogP contribution in [0.5, 0.6) is 0 Å². The predicted octanol–water partition coefficient (Wildman–Crippen LogP) is 2.38. The van der Waals surface area contributed by atoms with Gasteiger partial charge in [-0.3, -0.25) is 4.90 Å². The lowest BCUT2D eigenvalue weighted by Gasteiger charge is -2.43. The van der Waals surface area contributed by atoms with Gasteiger partial charge < -0.3 is 9.80 Å². The van der Waals surface area contributed by atoms with Crippen molar-refractivity contribution in [3.8, 4) is 0 Å². The van der Waals surface area contributed by atoms with Gasteiger partial charge in [0.05, 0.1) is 0 Å². The maximum atomic E-state index is 2.71. The molecule has 0 unspecified atom stereocenters. The molecular weight excluding hydrogens is 246 g/mol. The first-order valence-corrected chi connectivity index (χ1v) is 8.67. The second kappa shape index (κ2) is 7.24. The molecule has 2 saturated heterocycles. The van der Waals surface area contributed by atoms with Crippen molar-refractivity contribution in [2.24, 2.45) is 11.8 Å². The summed E-state index contributed by atoms with van der Waals surface area (Å²) in [7, 11) is 0. The third kappa shape index (κ3) is 4.19. The summed E-state index contributed by atoms with van der Waals surface area (Å²) >= 11 is 0. The van der Waals surface area contributed by atoms with Crippen molar-refractivity contribution in [2.45, 2.75) is 53.1 Å². The third-order valence-electron chi connectivity index (χ3n) is 5.47. The number of piperidine rings is 1. The summed E-state index contributed by atoms with van der Waals surface area (Å²) in [5, 5.41) is 0. The fourth-order valence-corrected chi connectivity index (χ4v) is 3.76. The second-order valence-electron chi connectivity index (χ2n) is 7.55. The minimum atomic E-state index is 0.713. The van der Waals surface area contributed by atoms with Crippen LogP contribution in [0.15, 0.2) is 0 Å². The molecule has 2 aliphatic rings. The van der Waals surface area contributed by atoms with Crippen LogP contribution in [0.1, 0.15) is 41.0 Å². The molecule has 0 aromatic heterocycles. The molecule has 0 spiro atoms. The van der Waals surface area contributed by atoms with Gasteiger partial charge in [0.1, 0.15) is 0 Å². The maximum Gasteiger partial charge on any atom is 0.0113 e. The highest BCUT2D eigenvalue weighted by Crippen LogP contribution is 2.25. The first-order valence-electron chi connectivity index (χ1n) is 8.67. The Labute approximate surface area is 126 Å². The largest absolute Gasteiger partial charge is 0.301 e. The van der Waals surface area contributed by atoms with Crippen LogP contribution in [0, 0.1) is 11.8 Å². The van der Waals surface area contributed by atoms with Crippen molar-refractivity contribution < 1.29 is 0 Å². The zero-order valence-electron chi connectivity index (χ0n) is 14.3. The Morgan fingerprint density at radius 1 is 0.850 bits per heavy atom. The Morgan fingerprint density at radius 2 is 1.45 bits per heavy atom. The standard InChI is InChI=1S/C17H35N3/c1-14(2)19-10-8-18(9-11-19)13-17-6-7-20(15(3)4)12-16(17)5/h14-17H,6-13H2,1-5H3/t16-,17+/m0/s1. The monoisotopic (exact) mass is 281 g/mol. The lowest BCUT2D eigenvalue weighted by molar-refractivity contribution is 0.0518. The molecule has 20 heavy (non-hydrogen) atoms. The zero-order chi connectivity index (χ0) is 14.7. The van der Waals surface area contributed by atoms with E-state index in [9.17, 15) is 0 Å². The number of nitrogens with zero attached hydrogens (tertiary/aromatic N) is 3. The molecule has 0 amide bonds. The summed E-state index contributed by atoms with van der Waals surface area (Å²) in [6, 6.07) is 1.43. The van der Waals surface area contributed by atoms with E-state index in [4.69, 9.17) is 0 Å². The van der Waals surface area contributed by atoms with Crippen molar-refractivity contribution in [2.75, 3.05) is 45.8 Å². The van der Waals surface area contributed by atoms with E-state index < -0.39 is 0 Å². The molecule has 2 rings (SSSR count). The molecule has 0 radical (unpaired) electrons. The first-order chi connectivity index (χ1) is 9.47. The SMILES string of the molecule is CC(C)N1CCN(C[C@H]2CCN(C(C)C)C[C@@H]2C)CC1. The number of piperazine rings is 1. The van der Waals surface area contributed by atoms with Crippen molar-refractivity contribution in [1.82, 2.24) is 14.7 Å². The summed E-state index contributed by atoms with van der Waals surface area (Å²) in [6.45, 7) is 20.8. The number of hydrogen-bond donors (Lipinski definition) is 0. The zero-order valence-corrected chi connectivity index (χ0v) is 14.3. The van der Waals surface area contributed by atoms with Crippen LogP contribution in [0.3, 0.4) is 0 Å². The van der Waals surface area contributed by atoms with Crippen LogP contribution in [0.25, 0.3) is 0 Å². The summed E-state index contributed by atoms with van der Waals surface area (Å²) in [5.74, 6) is 1.77. The van der Waals surface area contributed by atoms with Gasteiger partial charge in [-0.05, 0) is 52.5 Å². The average molecular weight is 281 g/mol. The van der Waals surface area contributed by atoms with Gasteiger partial charge in [-0.1, -0.05) is 6.92 Å². The Morgan fingerprint density at radius 3 is 1.95 bits per heavy atom. The summed E-state index contributed by atoms with van der Waals surface area (Å²) in [5.41, 5.74) is 0. The van der Waals surface area contributed by atoms with Crippen LogP contribution < -0.4 is 0 Å². The maximum absolute atomic E-state index is 2.71. The molecule has 0 aromatic rings. The van der Waals surface area contributed by atoms with Gasteiger partial charge in [-0.25, -0.2) is 0 Å². The molecule has 0 N–H and O–H groups in total. The van der Waals surface area contributed by atoms with Crippen LogP contribution >= 0.6 is 0 Å². The Bertz CT molecular complexity index is 282. The Hall–Kier alpha value is -0.120. The van der Waals surface area contributed by atoms with Gasteiger partial charge in [0.25, 0.3) is 0 Å². The van der Waals surface area contributed by atoms with E-state index in [1.165, 1.54) is 52.2 Å². The molecule has 2 aliphatic heterocycles. The molecule has 3 nitrogen and oxygen atoms in total.